The van der Waals surface area contributed by atoms with E-state index in [0.717, 1.165) is 135 Å². The van der Waals surface area contributed by atoms with Crippen molar-refractivity contribution < 1.29 is 81.0 Å². The Kier molecular flexibility index (Phi) is 40.7. The van der Waals surface area contributed by atoms with Crippen LogP contribution in [-0.4, -0.2) is 291 Å². The van der Waals surface area contributed by atoms with Crippen molar-refractivity contribution in [2.45, 2.75) is 232 Å². The van der Waals surface area contributed by atoms with Gasteiger partial charge in [-0.25, -0.2) is 44.3 Å². The summed E-state index contributed by atoms with van der Waals surface area (Å²) in [5.74, 6) is 5.60. The number of benzene rings is 3. The molecule has 3 aliphatic heterocycles. The average molecular weight is 1960 g/mol. The number of hydrogen-bond acceptors (Lipinski definition) is 29. The summed E-state index contributed by atoms with van der Waals surface area (Å²) in [5.41, 5.74) is 5.40. The number of hydrogen-bond donors (Lipinski definition) is 3. The van der Waals surface area contributed by atoms with Gasteiger partial charge in [0.15, 0.2) is 28.3 Å². The zero-order chi connectivity index (χ0) is 101. The first-order chi connectivity index (χ1) is 64.9. The smallest absolute Gasteiger partial charge is 0.488 e. The Morgan fingerprint density at radius 2 is 0.717 bits per heavy atom. The van der Waals surface area contributed by atoms with Crippen molar-refractivity contribution in [1.29, 1.82) is 0 Å². The third-order valence-corrected chi connectivity index (χ3v) is 33.3. The van der Waals surface area contributed by atoms with Crippen LogP contribution in [0.3, 0.4) is 0 Å². The summed E-state index contributed by atoms with van der Waals surface area (Å²) in [7, 11) is 5.51. The molecule has 0 spiro atoms. The number of halogens is 1. The quantitative estimate of drug-likeness (QED) is 0.0206. The fourth-order valence-electron chi connectivity index (χ4n) is 14.3. The molecule has 36 heteroatoms. The lowest BCUT2D eigenvalue weighted by Crippen LogP contribution is -2.49. The van der Waals surface area contributed by atoms with Crippen molar-refractivity contribution in [3.63, 3.8) is 0 Å². The first-order valence-corrected chi connectivity index (χ1v) is 53.4. The molecule has 0 saturated carbocycles. The zero-order valence-corrected chi connectivity index (χ0v) is 88.3. The van der Waals surface area contributed by atoms with Crippen LogP contribution in [0.2, 0.25) is 41.5 Å². The van der Waals surface area contributed by atoms with E-state index in [2.05, 4.69) is 121 Å². The highest BCUT2D eigenvalue weighted by Gasteiger charge is 2.42. The predicted octanol–water partition coefficient (Wildman–Crippen LogP) is 17.7. The number of anilines is 3. The molecule has 3 aliphatic rings. The molecule has 138 heavy (non-hydrogen) atoms. The lowest BCUT2D eigenvalue weighted by atomic mass is 9.81. The topological polar surface area (TPSA) is 349 Å². The summed E-state index contributed by atoms with van der Waals surface area (Å²) in [6.07, 6.45) is 12.8. The van der Waals surface area contributed by atoms with E-state index in [-0.39, 0.29) is 53.9 Å². The summed E-state index contributed by atoms with van der Waals surface area (Å²) < 4.78 is 65.3. The number of aliphatic hydroxyl groups excluding tert-OH is 1. The second-order valence-electron chi connectivity index (χ2n) is 41.0. The van der Waals surface area contributed by atoms with Gasteiger partial charge >= 0.3 is 25.4 Å². The molecule has 9 heterocycles. The van der Waals surface area contributed by atoms with Crippen LogP contribution in [0.25, 0.3) is 56.5 Å². The lowest BCUT2D eigenvalue weighted by molar-refractivity contribution is 0.0152. The number of nitrogens with zero attached hydrogens (tertiary/aromatic N) is 15. The minimum absolute atomic E-state index is 0.00252. The van der Waals surface area contributed by atoms with E-state index in [1.54, 1.807) is 88.6 Å². The van der Waals surface area contributed by atoms with E-state index < -0.39 is 64.9 Å². The van der Waals surface area contributed by atoms with Gasteiger partial charge in [-0.3, -0.25) is 15.0 Å². The van der Waals surface area contributed by atoms with Gasteiger partial charge in [0.2, 0.25) is 5.28 Å². The van der Waals surface area contributed by atoms with Gasteiger partial charge in [0.1, 0.15) is 77.4 Å². The first kappa shape index (κ1) is 111. The average Bonchev–Trinajstić information content (AvgIpc) is 0.807. The van der Waals surface area contributed by atoms with Crippen molar-refractivity contribution in [1.82, 2.24) is 59.6 Å². The molecule has 3 amide bonds. The largest absolute Gasteiger partial charge is 0.491 e. The first-order valence-electron chi connectivity index (χ1n) is 47.2. The van der Waals surface area contributed by atoms with Crippen LogP contribution < -0.4 is 34.4 Å². The summed E-state index contributed by atoms with van der Waals surface area (Å²) in [4.78, 5) is 89.6. The zero-order valence-electron chi connectivity index (χ0n) is 85.5. The molecule has 3 unspecified atom stereocenters. The second kappa shape index (κ2) is 50.5. The lowest BCUT2D eigenvalue weighted by Gasteiger charge is -2.40. The number of aromatic nitrogens is 9. The van der Waals surface area contributed by atoms with Crippen molar-refractivity contribution in [3.8, 4) is 73.8 Å². The molecule has 3 fully saturated rings. The number of aliphatic hydroxyl groups is 1. The van der Waals surface area contributed by atoms with Gasteiger partial charge < -0.3 is 96.0 Å². The molecule has 6 aromatic heterocycles. The fourth-order valence-corrected chi connectivity index (χ4v) is 17.1. The van der Waals surface area contributed by atoms with E-state index in [0.29, 0.717) is 71.3 Å². The molecule has 3 saturated heterocycles. The standard InChI is InChI=1S/C36H53N5O5Si.C31H49ClN4O5Si.C30H39N5O5.C5H6BNO2/c1-35(2,3)45-34(42)40(7)24-30(46-47(9,10)36(4,5)6)25-44-29-13-11-12-27(22-29)33-38-31(26-14-18-37-19-15-26)23-32(39-33)41(8)28-16-20-43-21-17-28;1-30(2,3)40-29(37)35(7)20-25(41-42(9,10)31(4,5)6)21-39-24-13-11-12-22(18-24)26-19-27(34-28(32)33-26)36(8)23-14-16-38-17-15-23;1-30(2,3)40-29(37)34(4)19-24(36)20-39-25-8-6-7-22(17-25)26-18-27(35(5)23-11-15-38-16-12-23)33-28(32-26)21-9-13-31-14-10-21;8-6(9)5-1-3-7-4-2-5/h11-15,18-19,22-23,28,30H,16-17,20-21,24-25H2,1-10H3;11-13,18-19,23,25H,14-17,20-21H2,1-10H3;6-10,13-14,17-18,23-24,36H,11-12,15-16,19-20H2,1-5H3;1-4,8-9H. The molecule has 3 atom stereocenters. The summed E-state index contributed by atoms with van der Waals surface area (Å²) >= 11 is 6.38. The number of carbonyl (C=O) groups excluding carboxylic acids is 3. The van der Waals surface area contributed by atoms with Gasteiger partial charge in [0, 0.05) is 183 Å². The number of amides is 3. The maximum atomic E-state index is 12.8. The van der Waals surface area contributed by atoms with Gasteiger partial charge in [-0.1, -0.05) is 77.9 Å². The molecule has 0 radical (unpaired) electrons. The highest BCUT2D eigenvalue weighted by Crippen LogP contribution is 2.41. The normalized spacial score (nSPS) is 14.8. The van der Waals surface area contributed by atoms with Crippen molar-refractivity contribution in [2.24, 2.45) is 0 Å². The maximum Gasteiger partial charge on any atom is 0.488 e. The highest BCUT2D eigenvalue weighted by atomic mass is 35.5. The SMILES string of the molecule is CN(CC(COc1cccc(-c2cc(N(C)C3CCOCC3)nc(Cl)n2)c1)O[Si](C)(C)C(C)(C)C)C(=O)OC(C)(C)C.CN(CC(COc1cccc(-c2nc(-c3ccncc3)cc(N(C)C3CCOCC3)n2)c1)O[Si](C)(C)C(C)(C)C)C(=O)OC(C)(C)C.CN(CC(O)COc1cccc(-c2cc(N(C)C3CCOCC3)nc(-c3ccncc3)n2)c1)C(=O)OC(C)(C)C.OB(O)c1ccncc1. The van der Waals surface area contributed by atoms with E-state index in [9.17, 15) is 19.5 Å². The molecule has 12 rings (SSSR count). The molecule has 9 aromatic rings. The third kappa shape index (κ3) is 35.6. The molecule has 3 aromatic carbocycles. The highest BCUT2D eigenvalue weighted by molar-refractivity contribution is 6.74. The molecular weight excluding hydrogens is 1810 g/mol. The summed E-state index contributed by atoms with van der Waals surface area (Å²) in [5, 5.41) is 27.8. The van der Waals surface area contributed by atoms with Crippen LogP contribution in [0.5, 0.6) is 17.2 Å². The number of ether oxygens (including phenoxy) is 9. The van der Waals surface area contributed by atoms with Gasteiger partial charge in [0.25, 0.3) is 0 Å². The van der Waals surface area contributed by atoms with Gasteiger partial charge in [-0.15, -0.1) is 0 Å². The Balaban J connectivity index is 0.000000221. The monoisotopic (exact) mass is 1960 g/mol. The minimum Gasteiger partial charge on any atom is -0.491 e. The second-order valence-corrected chi connectivity index (χ2v) is 50.8. The molecule has 750 valence electrons. The van der Waals surface area contributed by atoms with E-state index in [1.165, 1.54) is 17.3 Å². The molecular formula is C102H147BClN15O17Si2. The number of pyridine rings is 3. The predicted molar refractivity (Wildman–Crippen MR) is 548 cm³/mol. The van der Waals surface area contributed by atoms with Gasteiger partial charge in [-0.2, -0.15) is 0 Å². The van der Waals surface area contributed by atoms with Crippen LogP contribution in [0.1, 0.15) is 142 Å². The minimum atomic E-state index is -2.18. The number of rotatable bonds is 31. The Morgan fingerprint density at radius 3 is 1.07 bits per heavy atom. The summed E-state index contributed by atoms with van der Waals surface area (Å²) in [6, 6.07) is 41.0. The summed E-state index contributed by atoms with van der Waals surface area (Å²) in [6.45, 7) is 44.3. The van der Waals surface area contributed by atoms with Crippen molar-refractivity contribution in [3.05, 3.63) is 170 Å². The van der Waals surface area contributed by atoms with Crippen LogP contribution in [0.15, 0.2) is 165 Å². The van der Waals surface area contributed by atoms with Crippen LogP contribution in [0.4, 0.5) is 31.8 Å². The van der Waals surface area contributed by atoms with Crippen LogP contribution in [-0.2, 0) is 37.3 Å². The molecule has 0 bridgehead atoms. The molecule has 32 nitrogen and oxygen atoms in total. The Hall–Kier alpha value is -10.6. The van der Waals surface area contributed by atoms with E-state index in [1.807, 2.05) is 164 Å². The van der Waals surface area contributed by atoms with Crippen LogP contribution >= 0.6 is 11.6 Å². The Bertz CT molecular complexity index is 5290. The molecule has 0 aliphatic carbocycles. The van der Waals surface area contributed by atoms with Crippen molar-refractivity contribution in [2.75, 3.05) is 136 Å². The third-order valence-electron chi connectivity index (χ3n) is 24.1. The Morgan fingerprint density at radius 1 is 0.406 bits per heavy atom. The molecule has 3 N–H and O–H groups in total. The Labute approximate surface area is 824 Å². The van der Waals surface area contributed by atoms with Gasteiger partial charge in [-0.05, 0) is 227 Å². The van der Waals surface area contributed by atoms with Gasteiger partial charge in [0.05, 0.1) is 48.9 Å². The fraction of sp³-hybridized carbons (Fsp3) is 0.529. The van der Waals surface area contributed by atoms with Crippen molar-refractivity contribution >= 4 is 76.6 Å². The number of carbonyl (C=O) groups is 3. The number of likely N-dealkylation sites (N-methyl/N-ethyl adjacent to an activating group) is 3. The van der Waals surface area contributed by atoms with E-state index >= 15 is 0 Å². The van der Waals surface area contributed by atoms with E-state index in [4.69, 9.17) is 93.1 Å². The maximum absolute atomic E-state index is 12.8. The van der Waals surface area contributed by atoms with Crippen LogP contribution in [0, 0.1) is 0 Å².